The lowest BCUT2D eigenvalue weighted by Gasteiger charge is -2.14. The van der Waals surface area contributed by atoms with E-state index >= 15 is 0 Å². The number of benzene rings is 3. The molecule has 6 aromatic rings. The molecule has 6 rings (SSSR count). The second kappa shape index (κ2) is 11.8. The van der Waals surface area contributed by atoms with Crippen molar-refractivity contribution >= 4 is 68.0 Å². The van der Waals surface area contributed by atoms with Crippen molar-refractivity contribution < 1.29 is 18.8 Å². The molecule has 0 unspecified atom stereocenters. The number of aromatic nitrogens is 3. The van der Waals surface area contributed by atoms with Gasteiger partial charge >= 0.3 is 0 Å². The summed E-state index contributed by atoms with van der Waals surface area (Å²) in [5.74, 6) is 1.51. The number of hydrogen-bond acceptors (Lipinski definition) is 9. The SMILES string of the molecule is CCOc1cc(C=Nn2c(-c3cc4cc(Cl)ccc4o3)nc3ccccc3c2=O)cc(I)c1Oc1ccc([N+](=O)[O-])cn1. The Morgan fingerprint density at radius 2 is 1.98 bits per heavy atom. The molecule has 3 heterocycles. The summed E-state index contributed by atoms with van der Waals surface area (Å²) >= 11 is 8.25. The average molecular weight is 708 g/mol. The van der Waals surface area contributed by atoms with E-state index in [0.29, 0.717) is 54.5 Å². The van der Waals surface area contributed by atoms with Crippen LogP contribution in [0, 0.1) is 13.7 Å². The molecule has 0 N–H and O–H groups in total. The van der Waals surface area contributed by atoms with E-state index in [4.69, 9.17) is 30.5 Å². The number of hydrogen-bond donors (Lipinski definition) is 0. The highest BCUT2D eigenvalue weighted by Crippen LogP contribution is 2.37. The molecule has 0 fully saturated rings. The van der Waals surface area contributed by atoms with Crippen molar-refractivity contribution in [1.29, 1.82) is 0 Å². The lowest BCUT2D eigenvalue weighted by Crippen LogP contribution is -2.20. The minimum Gasteiger partial charge on any atom is -0.490 e. The van der Waals surface area contributed by atoms with Crippen LogP contribution in [0.25, 0.3) is 33.5 Å². The number of ether oxygens (including phenoxy) is 2. The van der Waals surface area contributed by atoms with Crippen molar-refractivity contribution in [3.05, 3.63) is 114 Å². The van der Waals surface area contributed by atoms with Crippen LogP contribution >= 0.6 is 34.2 Å². The van der Waals surface area contributed by atoms with Gasteiger partial charge in [0.05, 0.1) is 32.2 Å². The Kier molecular flexibility index (Phi) is 7.78. The first-order valence-electron chi connectivity index (χ1n) is 12.8. The number of para-hydroxylation sites is 1. The molecular weight excluding hydrogens is 689 g/mol. The highest BCUT2D eigenvalue weighted by atomic mass is 127. The molecule has 0 amide bonds. The van der Waals surface area contributed by atoms with Gasteiger partial charge in [-0.3, -0.25) is 14.9 Å². The van der Waals surface area contributed by atoms with Crippen molar-refractivity contribution in [1.82, 2.24) is 14.6 Å². The van der Waals surface area contributed by atoms with E-state index in [2.05, 4.69) is 32.7 Å². The number of nitro groups is 1. The van der Waals surface area contributed by atoms with Crippen LogP contribution in [-0.4, -0.2) is 32.4 Å². The molecule has 0 aliphatic carbocycles. The molecular formula is C30H19ClIN5O6. The van der Waals surface area contributed by atoms with Crippen LogP contribution in [0.5, 0.6) is 17.4 Å². The first-order valence-corrected chi connectivity index (χ1v) is 14.3. The maximum atomic E-state index is 13.6. The summed E-state index contributed by atoms with van der Waals surface area (Å²) in [6.45, 7) is 2.17. The molecule has 0 spiro atoms. The van der Waals surface area contributed by atoms with Crippen LogP contribution in [0.1, 0.15) is 12.5 Å². The quantitative estimate of drug-likeness (QED) is 0.0690. The first-order chi connectivity index (χ1) is 20.8. The Bertz CT molecular complexity index is 2110. The molecule has 214 valence electrons. The summed E-state index contributed by atoms with van der Waals surface area (Å²) in [6.07, 6.45) is 2.63. The van der Waals surface area contributed by atoms with Gasteiger partial charge in [-0.1, -0.05) is 23.7 Å². The minimum atomic E-state index is -0.536. The number of fused-ring (bicyclic) bond motifs is 2. The van der Waals surface area contributed by atoms with E-state index in [1.807, 2.05) is 6.92 Å². The molecule has 0 saturated carbocycles. The number of halogens is 2. The Balaban J connectivity index is 1.42. The molecule has 0 saturated heterocycles. The molecule has 0 radical (unpaired) electrons. The van der Waals surface area contributed by atoms with E-state index in [1.54, 1.807) is 60.7 Å². The van der Waals surface area contributed by atoms with Crippen LogP contribution in [0.15, 0.2) is 93.3 Å². The lowest BCUT2D eigenvalue weighted by molar-refractivity contribution is -0.385. The number of pyridine rings is 1. The van der Waals surface area contributed by atoms with E-state index in [1.165, 1.54) is 23.0 Å². The summed E-state index contributed by atoms with van der Waals surface area (Å²) in [7, 11) is 0. The summed E-state index contributed by atoms with van der Waals surface area (Å²) in [6, 6.07) is 20.2. The fourth-order valence-corrected chi connectivity index (χ4v) is 5.23. The van der Waals surface area contributed by atoms with Crippen molar-refractivity contribution in [2.75, 3.05) is 6.61 Å². The number of nitrogens with zero attached hydrogens (tertiary/aromatic N) is 5. The Morgan fingerprint density at radius 1 is 1.14 bits per heavy atom. The average Bonchev–Trinajstić information content (AvgIpc) is 3.42. The van der Waals surface area contributed by atoms with E-state index in [9.17, 15) is 14.9 Å². The fourth-order valence-electron chi connectivity index (χ4n) is 4.31. The van der Waals surface area contributed by atoms with Gasteiger partial charge < -0.3 is 13.9 Å². The van der Waals surface area contributed by atoms with Crippen LogP contribution in [-0.2, 0) is 0 Å². The molecule has 11 nitrogen and oxygen atoms in total. The second-order valence-corrected chi connectivity index (χ2v) is 10.7. The van der Waals surface area contributed by atoms with E-state index in [0.717, 1.165) is 11.6 Å². The summed E-state index contributed by atoms with van der Waals surface area (Å²) in [4.78, 5) is 32.8. The molecule has 13 heteroatoms. The molecule has 0 aliphatic rings. The van der Waals surface area contributed by atoms with Crippen LogP contribution in [0.4, 0.5) is 5.69 Å². The zero-order valence-electron chi connectivity index (χ0n) is 22.2. The summed E-state index contributed by atoms with van der Waals surface area (Å²) < 4.78 is 19.6. The number of furan rings is 1. The van der Waals surface area contributed by atoms with Gasteiger partial charge in [-0.15, -0.1) is 0 Å². The minimum absolute atomic E-state index is 0.150. The molecule has 0 bridgehead atoms. The highest BCUT2D eigenvalue weighted by Gasteiger charge is 2.18. The smallest absolute Gasteiger partial charge is 0.287 e. The zero-order valence-corrected chi connectivity index (χ0v) is 25.1. The van der Waals surface area contributed by atoms with Gasteiger partial charge in [0, 0.05) is 22.5 Å². The predicted molar refractivity (Wildman–Crippen MR) is 171 cm³/mol. The van der Waals surface area contributed by atoms with Crippen molar-refractivity contribution in [2.45, 2.75) is 6.92 Å². The van der Waals surface area contributed by atoms with Crippen molar-refractivity contribution in [3.8, 4) is 29.0 Å². The first kappa shape index (κ1) is 28.3. The third-order valence-corrected chi connectivity index (χ3v) is 7.28. The maximum Gasteiger partial charge on any atom is 0.287 e. The highest BCUT2D eigenvalue weighted by molar-refractivity contribution is 14.1. The third kappa shape index (κ3) is 5.79. The Hall–Kier alpha value is -4.82. The molecule has 0 atom stereocenters. The molecule has 43 heavy (non-hydrogen) atoms. The second-order valence-electron chi connectivity index (χ2n) is 9.08. The van der Waals surface area contributed by atoms with Gasteiger partial charge in [0.1, 0.15) is 11.8 Å². The normalized spacial score (nSPS) is 11.4. The van der Waals surface area contributed by atoms with Crippen LogP contribution < -0.4 is 15.0 Å². The lowest BCUT2D eigenvalue weighted by atomic mass is 10.2. The monoisotopic (exact) mass is 707 g/mol. The summed E-state index contributed by atoms with van der Waals surface area (Å²) in [5, 5.41) is 17.2. The topological polar surface area (TPSA) is 135 Å². The van der Waals surface area contributed by atoms with Gasteiger partial charge in [-0.05, 0) is 83.6 Å². The number of rotatable bonds is 8. The molecule has 0 aliphatic heterocycles. The van der Waals surface area contributed by atoms with Crippen LogP contribution in [0.3, 0.4) is 0 Å². The standard InChI is InChI=1S/C30H19ClIN5O6/c1-2-41-25-12-17(11-22(32)28(25)43-27-10-8-20(16-33-27)37(39)40)15-34-36-29(35-23-6-4-3-5-21(23)30(36)38)26-14-18-13-19(31)7-9-24(18)42-26/h3-16H,2H2,1H3. The maximum absolute atomic E-state index is 13.6. The Morgan fingerprint density at radius 3 is 2.74 bits per heavy atom. The van der Waals surface area contributed by atoms with Gasteiger partial charge in [-0.2, -0.15) is 9.78 Å². The van der Waals surface area contributed by atoms with E-state index < -0.39 is 4.92 Å². The van der Waals surface area contributed by atoms with E-state index in [-0.39, 0.29) is 23.0 Å². The van der Waals surface area contributed by atoms with Gasteiger partial charge in [0.25, 0.3) is 11.2 Å². The van der Waals surface area contributed by atoms with Gasteiger partial charge in [0.15, 0.2) is 17.3 Å². The van der Waals surface area contributed by atoms with Gasteiger partial charge in [-0.25, -0.2) is 9.97 Å². The summed E-state index contributed by atoms with van der Waals surface area (Å²) in [5.41, 5.74) is 1.18. The molecule has 3 aromatic carbocycles. The fraction of sp³-hybridized carbons (Fsp3) is 0.0667. The predicted octanol–water partition coefficient (Wildman–Crippen LogP) is 7.44. The largest absolute Gasteiger partial charge is 0.490 e. The van der Waals surface area contributed by atoms with Gasteiger partial charge in [0.2, 0.25) is 11.7 Å². The van der Waals surface area contributed by atoms with Crippen molar-refractivity contribution in [2.24, 2.45) is 5.10 Å². The van der Waals surface area contributed by atoms with Crippen molar-refractivity contribution in [3.63, 3.8) is 0 Å². The molecule has 3 aromatic heterocycles. The van der Waals surface area contributed by atoms with Crippen LogP contribution in [0.2, 0.25) is 5.02 Å². The zero-order chi connectivity index (χ0) is 30.1. The third-order valence-electron chi connectivity index (χ3n) is 6.24. The Labute approximate surface area is 261 Å².